The lowest BCUT2D eigenvalue weighted by Crippen LogP contribution is -2.44. The average molecular weight is 289 g/mol. The second-order valence-electron chi connectivity index (χ2n) is 4.64. The highest BCUT2D eigenvalue weighted by atomic mass is 19.4. The van der Waals surface area contributed by atoms with Crippen molar-refractivity contribution in [3.8, 4) is 5.75 Å². The summed E-state index contributed by atoms with van der Waals surface area (Å²) in [6.07, 6.45) is -3.07. The largest absolute Gasteiger partial charge is 0.573 e. The van der Waals surface area contributed by atoms with Crippen molar-refractivity contribution >= 4 is 11.7 Å². The van der Waals surface area contributed by atoms with E-state index in [-0.39, 0.29) is 11.3 Å². The molecule has 1 saturated carbocycles. The number of carbonyl (C=O) groups excluding carboxylic acids is 1. The molecule has 5 nitrogen and oxygen atoms in total. The Morgan fingerprint density at radius 2 is 1.90 bits per heavy atom. The van der Waals surface area contributed by atoms with E-state index < -0.39 is 12.4 Å². The summed E-state index contributed by atoms with van der Waals surface area (Å²) in [7, 11) is 0. The summed E-state index contributed by atoms with van der Waals surface area (Å²) in [5.74, 6) is -0.343. The molecule has 0 radical (unpaired) electrons. The number of rotatable bonds is 4. The van der Waals surface area contributed by atoms with Crippen LogP contribution in [0.5, 0.6) is 5.75 Å². The number of hydrogen-bond acceptors (Lipinski definition) is 3. The van der Waals surface area contributed by atoms with Crippen LogP contribution in [0.15, 0.2) is 24.3 Å². The Hall–Kier alpha value is -1.96. The zero-order valence-electron chi connectivity index (χ0n) is 10.5. The van der Waals surface area contributed by atoms with E-state index >= 15 is 0 Å². The first-order valence-corrected chi connectivity index (χ1v) is 5.97. The maximum absolute atomic E-state index is 12.0. The molecular weight excluding hydrogens is 275 g/mol. The van der Waals surface area contributed by atoms with Crippen LogP contribution in [-0.2, 0) is 0 Å². The summed E-state index contributed by atoms with van der Waals surface area (Å²) in [6.45, 7) is 0.360. The summed E-state index contributed by atoms with van der Waals surface area (Å²) < 4.78 is 39.6. The molecule has 0 aliphatic heterocycles. The second kappa shape index (κ2) is 5.20. The van der Waals surface area contributed by atoms with Crippen molar-refractivity contribution in [1.82, 2.24) is 5.32 Å². The number of nitrogens with two attached hydrogens (primary N) is 1. The van der Waals surface area contributed by atoms with Crippen LogP contribution >= 0.6 is 0 Å². The van der Waals surface area contributed by atoms with Gasteiger partial charge in [0, 0.05) is 12.2 Å². The summed E-state index contributed by atoms with van der Waals surface area (Å²) in [4.78, 5) is 11.7. The van der Waals surface area contributed by atoms with Crippen molar-refractivity contribution in [1.29, 1.82) is 0 Å². The Morgan fingerprint density at radius 1 is 1.30 bits per heavy atom. The number of urea groups is 1. The molecule has 1 aromatic carbocycles. The van der Waals surface area contributed by atoms with E-state index in [1.807, 2.05) is 0 Å². The van der Waals surface area contributed by atoms with E-state index in [1.165, 1.54) is 12.1 Å². The van der Waals surface area contributed by atoms with Crippen molar-refractivity contribution in [3.05, 3.63) is 24.3 Å². The fourth-order valence-corrected chi connectivity index (χ4v) is 1.67. The number of halogens is 3. The van der Waals surface area contributed by atoms with Gasteiger partial charge in [-0.1, -0.05) is 0 Å². The van der Waals surface area contributed by atoms with E-state index in [1.54, 1.807) is 0 Å². The molecule has 1 aliphatic carbocycles. The molecule has 0 saturated heterocycles. The summed E-state index contributed by atoms with van der Waals surface area (Å²) in [5.41, 5.74) is 5.56. The van der Waals surface area contributed by atoms with Crippen LogP contribution in [0.4, 0.5) is 23.7 Å². The monoisotopic (exact) mass is 289 g/mol. The smallest absolute Gasteiger partial charge is 0.406 e. The van der Waals surface area contributed by atoms with Crippen LogP contribution in [0.2, 0.25) is 0 Å². The van der Waals surface area contributed by atoms with Crippen LogP contribution in [0.1, 0.15) is 12.8 Å². The Bertz CT molecular complexity index is 484. The number of amides is 2. The molecule has 2 amide bonds. The van der Waals surface area contributed by atoms with Gasteiger partial charge in [-0.2, -0.15) is 0 Å². The highest BCUT2D eigenvalue weighted by Gasteiger charge is 2.42. The predicted octanol–water partition coefficient (Wildman–Crippen LogP) is 2.20. The number of hydrogen-bond donors (Lipinski definition) is 3. The molecule has 0 aromatic heterocycles. The zero-order chi connectivity index (χ0) is 14.8. The topological polar surface area (TPSA) is 76.4 Å². The fourth-order valence-electron chi connectivity index (χ4n) is 1.67. The quantitative estimate of drug-likeness (QED) is 0.795. The number of ether oxygens (including phenoxy) is 1. The zero-order valence-corrected chi connectivity index (χ0v) is 10.5. The first-order valence-electron chi connectivity index (χ1n) is 5.97. The minimum atomic E-state index is -4.73. The summed E-state index contributed by atoms with van der Waals surface area (Å²) in [6, 6.07) is 4.46. The minimum absolute atomic E-state index is 0.330. The van der Waals surface area contributed by atoms with Crippen molar-refractivity contribution in [2.75, 3.05) is 11.9 Å². The third kappa shape index (κ3) is 4.02. The van der Waals surface area contributed by atoms with Gasteiger partial charge in [-0.05, 0) is 37.1 Å². The van der Waals surface area contributed by atoms with Gasteiger partial charge in [0.05, 0.1) is 5.54 Å². The SMILES string of the molecule is NCC1(NC(=O)Nc2ccc(OC(F)(F)F)cc2)CC1. The molecule has 8 heteroatoms. The predicted molar refractivity (Wildman–Crippen MR) is 66.3 cm³/mol. The van der Waals surface area contributed by atoms with Crippen LogP contribution in [0.3, 0.4) is 0 Å². The molecule has 0 atom stereocenters. The first-order chi connectivity index (χ1) is 9.32. The Balaban J connectivity index is 1.89. The second-order valence-corrected chi connectivity index (χ2v) is 4.64. The van der Waals surface area contributed by atoms with Gasteiger partial charge in [-0.15, -0.1) is 13.2 Å². The Morgan fingerprint density at radius 3 is 2.35 bits per heavy atom. The number of nitrogens with one attached hydrogen (secondary N) is 2. The van der Waals surface area contributed by atoms with Gasteiger partial charge in [0.15, 0.2) is 0 Å². The third-order valence-electron chi connectivity index (χ3n) is 2.97. The summed E-state index contributed by atoms with van der Waals surface area (Å²) in [5, 5.41) is 5.25. The minimum Gasteiger partial charge on any atom is -0.406 e. The lowest BCUT2D eigenvalue weighted by molar-refractivity contribution is -0.274. The molecular formula is C12H14F3N3O2. The molecule has 0 bridgehead atoms. The van der Waals surface area contributed by atoms with Gasteiger partial charge in [0.25, 0.3) is 0 Å². The van der Waals surface area contributed by atoms with E-state index in [4.69, 9.17) is 5.73 Å². The molecule has 110 valence electrons. The van der Waals surface area contributed by atoms with Gasteiger partial charge >= 0.3 is 12.4 Å². The third-order valence-corrected chi connectivity index (χ3v) is 2.97. The van der Waals surface area contributed by atoms with E-state index in [9.17, 15) is 18.0 Å². The highest BCUT2D eigenvalue weighted by Crippen LogP contribution is 2.34. The van der Waals surface area contributed by atoms with Crippen LogP contribution in [0, 0.1) is 0 Å². The maximum atomic E-state index is 12.0. The highest BCUT2D eigenvalue weighted by molar-refractivity contribution is 5.90. The van der Waals surface area contributed by atoms with Crippen molar-refractivity contribution in [3.63, 3.8) is 0 Å². The molecule has 0 spiro atoms. The van der Waals surface area contributed by atoms with Gasteiger partial charge in [-0.25, -0.2) is 4.79 Å². The lowest BCUT2D eigenvalue weighted by atomic mass is 10.3. The molecule has 1 aliphatic rings. The Kier molecular flexibility index (Phi) is 3.76. The van der Waals surface area contributed by atoms with Gasteiger partial charge in [-0.3, -0.25) is 0 Å². The van der Waals surface area contributed by atoms with Crippen molar-refractivity contribution in [2.45, 2.75) is 24.7 Å². The number of carbonyl (C=O) groups is 1. The van der Waals surface area contributed by atoms with Gasteiger partial charge in [0.1, 0.15) is 5.75 Å². The van der Waals surface area contributed by atoms with Gasteiger partial charge in [0.2, 0.25) is 0 Å². The molecule has 1 fully saturated rings. The van der Waals surface area contributed by atoms with E-state index in [2.05, 4.69) is 15.4 Å². The molecule has 0 heterocycles. The average Bonchev–Trinajstić information content (AvgIpc) is 3.10. The van der Waals surface area contributed by atoms with Gasteiger partial charge < -0.3 is 21.1 Å². The standard InChI is InChI=1S/C12H14F3N3O2/c13-12(14,15)20-9-3-1-8(2-4-9)17-10(19)18-11(7-16)5-6-11/h1-4H,5-7,16H2,(H2,17,18,19). The van der Waals surface area contributed by atoms with Crippen molar-refractivity contribution < 1.29 is 22.7 Å². The molecule has 20 heavy (non-hydrogen) atoms. The maximum Gasteiger partial charge on any atom is 0.573 e. The van der Waals surface area contributed by atoms with Crippen LogP contribution in [-0.4, -0.2) is 24.5 Å². The number of benzene rings is 1. The molecule has 0 unspecified atom stereocenters. The molecule has 4 N–H and O–H groups in total. The summed E-state index contributed by atoms with van der Waals surface area (Å²) >= 11 is 0. The van der Waals surface area contributed by atoms with Crippen LogP contribution in [0.25, 0.3) is 0 Å². The first kappa shape index (κ1) is 14.4. The molecule has 2 rings (SSSR count). The normalized spacial score (nSPS) is 16.4. The van der Waals surface area contributed by atoms with E-state index in [0.29, 0.717) is 12.2 Å². The van der Waals surface area contributed by atoms with Crippen molar-refractivity contribution in [2.24, 2.45) is 5.73 Å². The lowest BCUT2D eigenvalue weighted by Gasteiger charge is -2.15. The fraction of sp³-hybridized carbons (Fsp3) is 0.417. The number of alkyl halides is 3. The number of anilines is 1. The Labute approximate surface area is 113 Å². The van der Waals surface area contributed by atoms with E-state index in [0.717, 1.165) is 25.0 Å². The molecule has 1 aromatic rings. The van der Waals surface area contributed by atoms with Crippen LogP contribution < -0.4 is 21.1 Å².